The third kappa shape index (κ3) is 4.34. The van der Waals surface area contributed by atoms with Crippen LogP contribution in [0.2, 0.25) is 0 Å². The van der Waals surface area contributed by atoms with Crippen LogP contribution in [0.3, 0.4) is 0 Å². The van der Waals surface area contributed by atoms with Gasteiger partial charge in [0.15, 0.2) is 5.11 Å². The summed E-state index contributed by atoms with van der Waals surface area (Å²) in [7, 11) is 4.38. The highest BCUT2D eigenvalue weighted by Gasteiger charge is 2.26. The van der Waals surface area contributed by atoms with E-state index in [4.69, 9.17) is 21.7 Å². The van der Waals surface area contributed by atoms with Gasteiger partial charge in [-0.1, -0.05) is 0 Å². The average Bonchev–Trinajstić information content (AvgIpc) is 3.15. The Labute approximate surface area is 154 Å². The van der Waals surface area contributed by atoms with Crippen molar-refractivity contribution in [2.45, 2.75) is 13.5 Å². The fraction of sp³-hybridized carbons (Fsp3) is 0.333. The van der Waals surface area contributed by atoms with Crippen molar-refractivity contribution < 1.29 is 19.1 Å². The van der Waals surface area contributed by atoms with Gasteiger partial charge in [-0.3, -0.25) is 4.68 Å². The van der Waals surface area contributed by atoms with E-state index in [2.05, 4.69) is 15.7 Å². The van der Waals surface area contributed by atoms with Crippen LogP contribution >= 0.6 is 23.6 Å². The number of rotatable bonds is 5. The molecule has 0 unspecified atom stereocenters. The Hall–Kier alpha value is -2.46. The Morgan fingerprint density at radius 3 is 2.56 bits per heavy atom. The monoisotopic (exact) mass is 382 g/mol. The van der Waals surface area contributed by atoms with Gasteiger partial charge in [-0.15, -0.1) is 11.3 Å². The minimum Gasteiger partial charge on any atom is -0.465 e. The molecule has 0 fully saturated rings. The number of anilines is 1. The molecule has 2 heterocycles. The van der Waals surface area contributed by atoms with E-state index in [0.717, 1.165) is 17.0 Å². The van der Waals surface area contributed by atoms with Crippen LogP contribution in [0.5, 0.6) is 0 Å². The van der Waals surface area contributed by atoms with Crippen molar-refractivity contribution in [2.75, 3.05) is 19.5 Å². The van der Waals surface area contributed by atoms with Gasteiger partial charge >= 0.3 is 11.9 Å². The average molecular weight is 382 g/mol. The van der Waals surface area contributed by atoms with Crippen molar-refractivity contribution in [2.24, 2.45) is 7.05 Å². The molecule has 0 saturated heterocycles. The van der Waals surface area contributed by atoms with E-state index >= 15 is 0 Å². The number of ether oxygens (including phenoxy) is 2. The van der Waals surface area contributed by atoms with Gasteiger partial charge in [0.05, 0.1) is 32.0 Å². The predicted molar refractivity (Wildman–Crippen MR) is 98.0 cm³/mol. The Bertz CT molecular complexity index is 813. The van der Waals surface area contributed by atoms with Gasteiger partial charge in [-0.05, 0) is 30.8 Å². The lowest BCUT2D eigenvalue weighted by Crippen LogP contribution is -2.28. The fourth-order valence-electron chi connectivity index (χ4n) is 2.11. The van der Waals surface area contributed by atoms with E-state index in [9.17, 15) is 9.59 Å². The van der Waals surface area contributed by atoms with Gasteiger partial charge in [-0.25, -0.2) is 9.59 Å². The highest BCUT2D eigenvalue weighted by atomic mass is 32.1. The van der Waals surface area contributed by atoms with E-state index in [1.54, 1.807) is 11.6 Å². The van der Waals surface area contributed by atoms with Gasteiger partial charge in [0.2, 0.25) is 0 Å². The van der Waals surface area contributed by atoms with Crippen molar-refractivity contribution in [1.29, 1.82) is 0 Å². The second kappa shape index (κ2) is 8.08. The number of carbonyl (C=O) groups is 2. The maximum absolute atomic E-state index is 12.1. The third-order valence-electron chi connectivity index (χ3n) is 3.33. The second-order valence-corrected chi connectivity index (χ2v) is 6.46. The quantitative estimate of drug-likeness (QED) is 0.598. The van der Waals surface area contributed by atoms with Crippen LogP contribution in [0.4, 0.5) is 5.00 Å². The molecule has 8 nitrogen and oxygen atoms in total. The molecule has 2 N–H and O–H groups in total. The largest absolute Gasteiger partial charge is 0.465 e. The van der Waals surface area contributed by atoms with Crippen molar-refractivity contribution in [1.82, 2.24) is 15.1 Å². The first-order valence-corrected chi connectivity index (χ1v) is 8.43. The van der Waals surface area contributed by atoms with Crippen LogP contribution in [-0.2, 0) is 23.1 Å². The molecular formula is C15H18N4O4S2. The molecule has 10 heteroatoms. The molecule has 0 aliphatic carbocycles. The van der Waals surface area contributed by atoms with Gasteiger partial charge < -0.3 is 20.1 Å². The molecule has 0 amide bonds. The first-order valence-electron chi connectivity index (χ1n) is 7.20. The summed E-state index contributed by atoms with van der Waals surface area (Å²) in [4.78, 5) is 24.2. The van der Waals surface area contributed by atoms with E-state index in [-0.39, 0.29) is 5.56 Å². The molecule has 0 saturated carbocycles. The minimum absolute atomic E-state index is 0.259. The highest BCUT2D eigenvalue weighted by Crippen LogP contribution is 2.34. The zero-order valence-corrected chi connectivity index (χ0v) is 15.8. The zero-order valence-electron chi connectivity index (χ0n) is 14.2. The number of hydrogen-bond acceptors (Lipinski definition) is 7. The number of nitrogens with zero attached hydrogens (tertiary/aromatic N) is 2. The number of esters is 2. The van der Waals surface area contributed by atoms with E-state index in [0.29, 0.717) is 27.1 Å². The predicted octanol–water partition coefficient (Wildman–Crippen LogP) is 1.85. The number of aromatic nitrogens is 2. The molecule has 0 spiro atoms. The standard InChI is InChI=1S/C15H18N4O4S2/c1-8-10(13(20)22-3)12(25-11(8)14(21)23-4)17-15(24)16-7-9-5-6-19(2)18-9/h5-6H,7H2,1-4H3,(H2,16,17,24). The number of hydrogen-bond donors (Lipinski definition) is 2. The second-order valence-electron chi connectivity index (χ2n) is 5.03. The Morgan fingerprint density at radius 2 is 2.00 bits per heavy atom. The number of carbonyl (C=O) groups excluding carboxylic acids is 2. The Balaban J connectivity index is 2.17. The Morgan fingerprint density at radius 1 is 1.32 bits per heavy atom. The third-order valence-corrected chi connectivity index (χ3v) is 4.77. The summed E-state index contributed by atoms with van der Waals surface area (Å²) in [5.41, 5.74) is 1.56. The van der Waals surface area contributed by atoms with Crippen LogP contribution in [0.1, 0.15) is 31.3 Å². The smallest absolute Gasteiger partial charge is 0.348 e. The molecular weight excluding hydrogens is 364 g/mol. The summed E-state index contributed by atoms with van der Waals surface area (Å²) in [6.45, 7) is 2.08. The van der Waals surface area contributed by atoms with E-state index in [1.807, 2.05) is 19.3 Å². The molecule has 25 heavy (non-hydrogen) atoms. The molecule has 0 aliphatic heterocycles. The maximum atomic E-state index is 12.1. The number of aryl methyl sites for hydroxylation is 1. The molecule has 134 valence electrons. The first-order chi connectivity index (χ1) is 11.9. The molecule has 2 rings (SSSR count). The van der Waals surface area contributed by atoms with E-state index in [1.165, 1.54) is 14.2 Å². The van der Waals surface area contributed by atoms with E-state index < -0.39 is 11.9 Å². The van der Waals surface area contributed by atoms with Crippen LogP contribution in [0, 0.1) is 6.92 Å². The normalized spacial score (nSPS) is 10.2. The summed E-state index contributed by atoms with van der Waals surface area (Å²) < 4.78 is 11.2. The van der Waals surface area contributed by atoms with Crippen molar-refractivity contribution in [3.8, 4) is 0 Å². The van der Waals surface area contributed by atoms with Gasteiger partial charge in [-0.2, -0.15) is 5.10 Å². The topological polar surface area (TPSA) is 94.5 Å². The van der Waals surface area contributed by atoms with Gasteiger partial charge in [0, 0.05) is 13.2 Å². The summed E-state index contributed by atoms with van der Waals surface area (Å²) in [6, 6.07) is 1.86. The van der Waals surface area contributed by atoms with Crippen LogP contribution in [0.15, 0.2) is 12.3 Å². The van der Waals surface area contributed by atoms with Crippen LogP contribution in [-0.4, -0.2) is 41.1 Å². The minimum atomic E-state index is -0.557. The molecule has 0 aromatic carbocycles. The fourth-order valence-corrected chi connectivity index (χ4v) is 3.47. The maximum Gasteiger partial charge on any atom is 0.348 e. The lowest BCUT2D eigenvalue weighted by Gasteiger charge is -2.09. The summed E-state index contributed by atoms with van der Waals surface area (Å²) in [5, 5.41) is 10.9. The van der Waals surface area contributed by atoms with Crippen molar-refractivity contribution in [3.05, 3.63) is 34.0 Å². The summed E-state index contributed by atoms with van der Waals surface area (Å²) >= 11 is 6.34. The SMILES string of the molecule is COC(=O)c1sc(NC(=S)NCc2ccn(C)n2)c(C(=O)OC)c1C. The number of methoxy groups -OCH3 is 2. The number of thiocarbonyl (C=S) groups is 1. The van der Waals surface area contributed by atoms with Gasteiger partial charge in [0.1, 0.15) is 9.88 Å². The number of nitrogens with one attached hydrogen (secondary N) is 2. The summed E-state index contributed by atoms with van der Waals surface area (Å²) in [6.07, 6.45) is 1.83. The molecule has 2 aromatic heterocycles. The lowest BCUT2D eigenvalue weighted by atomic mass is 10.1. The Kier molecular flexibility index (Phi) is 6.10. The summed E-state index contributed by atoms with van der Waals surface area (Å²) in [5.74, 6) is -1.08. The molecule has 0 radical (unpaired) electrons. The van der Waals surface area contributed by atoms with Crippen LogP contribution < -0.4 is 10.6 Å². The lowest BCUT2D eigenvalue weighted by molar-refractivity contribution is 0.0601. The zero-order chi connectivity index (χ0) is 18.6. The van der Waals surface area contributed by atoms with Crippen LogP contribution in [0.25, 0.3) is 0 Å². The van der Waals surface area contributed by atoms with Crippen molar-refractivity contribution >= 4 is 45.6 Å². The molecule has 0 atom stereocenters. The first kappa shape index (κ1) is 18.9. The highest BCUT2D eigenvalue weighted by molar-refractivity contribution is 7.80. The molecule has 0 aliphatic rings. The molecule has 0 bridgehead atoms. The number of thiophene rings is 1. The molecule has 2 aromatic rings. The van der Waals surface area contributed by atoms with Crippen molar-refractivity contribution in [3.63, 3.8) is 0 Å². The van der Waals surface area contributed by atoms with Gasteiger partial charge in [0.25, 0.3) is 0 Å².